The molecule has 0 aliphatic carbocycles. The van der Waals surface area contributed by atoms with E-state index in [2.05, 4.69) is 62.9 Å². The van der Waals surface area contributed by atoms with Crippen LogP contribution in [0.3, 0.4) is 0 Å². The standard InChI is InChI=1S/C68H93FN18O15/c1-34(2)27-51-64(96)82-47(18-23-71)60(92)81-49(20-25-73)63(95)86-56(38(6)89)66(98)75-26-21-50(83-59(91)46(17-22-70)79-58(90)44(74)31-88)62(94)80-48(19-24-72)61(93)85-52(65(97)84-51)29-39-7-9-40(10-8-39)41-11-13-42(14-12-41)68(99)101-36(4)32-100-54-30-87-57(37(54)5)67(76-33-77-87)102-53-16-15-45-43(55(53)69)28-35(3)78-45/h7-16,28,30,33-34,36,38,44,46-52,56,78,88-89H,17-27,29,31-32,70-74H2,1-6H3,(H,75,98)(H,79,90)(H,80,94)(H,81,92)(H,82,96)(H,83,91)(H,84,97)(H,85,93)(H,86,95)/t36-,38-,44?,46-,47-,48?,49-,50?,51-,52?,56-/m1/s1. The fourth-order valence-corrected chi connectivity index (χ4v) is 11.2. The SMILES string of the molecule is Cc1cc2c(F)c(Oc3ncnn4cc(OC[C@@H](C)OC(=O)c5ccc(-c6ccc(CC7NC(=O)C(CCN)NC(=O)C(NC(=O)[C@@H](CCN)NC(=O)C(N)CO)CCNC(=O)[C@@H]([C@@H](C)O)NC(=O)[C@@H](CCN)NC(=O)[C@@H](CCN)NC(=O)[C@@H](CC(C)C)NC7=O)cc6)cc5)c(C)c34)ccc2[nH]1. The van der Waals surface area contributed by atoms with E-state index in [1.807, 2.05) is 6.92 Å². The minimum Gasteiger partial charge on any atom is -0.488 e. The second-order valence-corrected chi connectivity index (χ2v) is 25.3. The van der Waals surface area contributed by atoms with Crippen molar-refractivity contribution in [1.29, 1.82) is 0 Å². The van der Waals surface area contributed by atoms with Gasteiger partial charge in [0.2, 0.25) is 59.0 Å². The number of nitrogens with zero attached hydrogens (tertiary/aromatic N) is 3. The number of aromatic amines is 1. The second-order valence-electron chi connectivity index (χ2n) is 25.3. The van der Waals surface area contributed by atoms with Crippen LogP contribution < -0.4 is 86.0 Å². The molecular weight excluding hydrogens is 1330 g/mol. The molecule has 0 saturated carbocycles. The zero-order chi connectivity index (χ0) is 74.5. The highest BCUT2D eigenvalue weighted by Gasteiger charge is 2.37. The first-order valence-corrected chi connectivity index (χ1v) is 33.5. The number of aromatic nitrogens is 4. The van der Waals surface area contributed by atoms with Gasteiger partial charge in [-0.15, -0.1) is 0 Å². The van der Waals surface area contributed by atoms with Crippen molar-refractivity contribution in [3.05, 3.63) is 107 Å². The van der Waals surface area contributed by atoms with Gasteiger partial charge in [-0.05, 0) is 145 Å². The Morgan fingerprint density at radius 3 is 1.86 bits per heavy atom. The Bertz CT molecular complexity index is 3930. The number of ether oxygens (including phenoxy) is 3. The number of esters is 1. The lowest BCUT2D eigenvalue weighted by molar-refractivity contribution is -0.136. The normalized spacial score (nSPS) is 20.5. The number of aliphatic hydroxyl groups excluding tert-OH is 2. The maximum Gasteiger partial charge on any atom is 0.338 e. The molecule has 22 N–H and O–H groups in total. The lowest BCUT2D eigenvalue weighted by Gasteiger charge is -2.28. The highest BCUT2D eigenvalue weighted by molar-refractivity contribution is 5.99. The van der Waals surface area contributed by atoms with Gasteiger partial charge < -0.3 is 106 Å². The molecule has 0 bridgehead atoms. The van der Waals surface area contributed by atoms with Gasteiger partial charge in [0.25, 0.3) is 0 Å². The summed E-state index contributed by atoms with van der Waals surface area (Å²) in [6, 6.07) is 4.89. The number of fused-ring (bicyclic) bond motifs is 2. The summed E-state index contributed by atoms with van der Waals surface area (Å²) < 4.78 is 34.8. The third-order valence-corrected chi connectivity index (χ3v) is 16.7. The lowest BCUT2D eigenvalue weighted by atomic mass is 9.98. The fourth-order valence-electron chi connectivity index (χ4n) is 11.2. The van der Waals surface area contributed by atoms with E-state index >= 15 is 4.39 Å². The number of halogens is 1. The number of carbonyl (C=O) groups is 10. The monoisotopic (exact) mass is 1420 g/mol. The number of benzene rings is 3. The van der Waals surface area contributed by atoms with Crippen molar-refractivity contribution in [2.45, 2.75) is 153 Å². The Hall–Kier alpha value is -10.2. The molecule has 1 aliphatic heterocycles. The van der Waals surface area contributed by atoms with Crippen molar-refractivity contribution < 1.29 is 76.8 Å². The zero-order valence-corrected chi connectivity index (χ0v) is 57.6. The van der Waals surface area contributed by atoms with Gasteiger partial charge >= 0.3 is 5.97 Å². The number of nitrogens with two attached hydrogens (primary N) is 5. The quantitative estimate of drug-likeness (QED) is 0.0265. The van der Waals surface area contributed by atoms with Crippen molar-refractivity contribution in [3.8, 4) is 28.5 Å². The van der Waals surface area contributed by atoms with Crippen LogP contribution in [0.1, 0.15) is 93.4 Å². The van der Waals surface area contributed by atoms with Gasteiger partial charge in [-0.25, -0.2) is 13.7 Å². The smallest absolute Gasteiger partial charge is 0.338 e. The maximum absolute atomic E-state index is 15.5. The predicted octanol–water partition coefficient (Wildman–Crippen LogP) is -1.87. The van der Waals surface area contributed by atoms with Crippen molar-refractivity contribution in [1.82, 2.24) is 67.4 Å². The Labute approximate surface area is 587 Å². The highest BCUT2D eigenvalue weighted by Crippen LogP contribution is 2.35. The van der Waals surface area contributed by atoms with Crippen LogP contribution in [-0.4, -0.2) is 201 Å². The zero-order valence-electron chi connectivity index (χ0n) is 57.6. The van der Waals surface area contributed by atoms with Crippen LogP contribution in [0.5, 0.6) is 17.4 Å². The molecule has 552 valence electrons. The molecule has 11 atom stereocenters. The summed E-state index contributed by atoms with van der Waals surface area (Å²) in [7, 11) is 0. The summed E-state index contributed by atoms with van der Waals surface area (Å²) in [4.78, 5) is 148. The molecule has 3 aromatic heterocycles. The lowest BCUT2D eigenvalue weighted by Crippen LogP contribution is -2.61. The van der Waals surface area contributed by atoms with E-state index in [0.29, 0.717) is 44.4 Å². The molecule has 0 radical (unpaired) electrons. The number of nitrogens with one attached hydrogen (secondary N) is 10. The minimum absolute atomic E-state index is 0.00264. The van der Waals surface area contributed by atoms with Crippen LogP contribution in [0.25, 0.3) is 27.5 Å². The summed E-state index contributed by atoms with van der Waals surface area (Å²) in [6.07, 6.45) is -0.886. The van der Waals surface area contributed by atoms with Gasteiger partial charge in [0.05, 0.1) is 24.5 Å². The number of carbonyl (C=O) groups excluding carboxylic acids is 10. The molecule has 0 spiro atoms. The van der Waals surface area contributed by atoms with E-state index in [1.54, 1.807) is 94.6 Å². The van der Waals surface area contributed by atoms with E-state index in [1.165, 1.54) is 23.8 Å². The molecule has 34 heteroatoms. The highest BCUT2D eigenvalue weighted by atomic mass is 19.1. The number of hydrogen-bond acceptors (Lipinski definition) is 22. The molecule has 1 saturated heterocycles. The summed E-state index contributed by atoms with van der Waals surface area (Å²) in [5.41, 5.74) is 33.8. The predicted molar refractivity (Wildman–Crippen MR) is 371 cm³/mol. The molecule has 1 aliphatic rings. The summed E-state index contributed by atoms with van der Waals surface area (Å²) in [6.45, 7) is 8.04. The van der Waals surface area contributed by atoms with Crippen molar-refractivity contribution in [2.75, 3.05) is 45.9 Å². The summed E-state index contributed by atoms with van der Waals surface area (Å²) >= 11 is 0. The van der Waals surface area contributed by atoms with Crippen molar-refractivity contribution in [3.63, 3.8) is 0 Å². The number of hydrogen-bond donors (Lipinski definition) is 17. The van der Waals surface area contributed by atoms with Gasteiger partial charge in [0, 0.05) is 35.1 Å². The van der Waals surface area contributed by atoms with E-state index in [9.17, 15) is 58.2 Å². The Balaban J connectivity index is 1.11. The Morgan fingerprint density at radius 2 is 1.27 bits per heavy atom. The molecule has 4 heterocycles. The first-order chi connectivity index (χ1) is 48.7. The van der Waals surface area contributed by atoms with Crippen molar-refractivity contribution >= 4 is 75.6 Å². The first-order valence-electron chi connectivity index (χ1n) is 33.5. The third-order valence-electron chi connectivity index (χ3n) is 16.7. The van der Waals surface area contributed by atoms with Gasteiger partial charge in [-0.1, -0.05) is 50.2 Å². The van der Waals surface area contributed by atoms with E-state index in [0.717, 1.165) is 5.69 Å². The molecule has 7 rings (SSSR count). The molecular formula is C68H93FN18O15. The Morgan fingerprint density at radius 1 is 0.706 bits per heavy atom. The molecule has 3 aromatic carbocycles. The van der Waals surface area contributed by atoms with Gasteiger partial charge in [0.15, 0.2) is 11.6 Å². The number of aliphatic hydroxyl groups is 2. The second kappa shape index (κ2) is 37.4. The van der Waals surface area contributed by atoms with Crippen LogP contribution in [0.15, 0.2) is 79.3 Å². The van der Waals surface area contributed by atoms with Crippen LogP contribution in [-0.2, 0) is 54.3 Å². The summed E-state index contributed by atoms with van der Waals surface area (Å²) in [5, 5.41) is 47.9. The Kier molecular flexibility index (Phi) is 29.0. The van der Waals surface area contributed by atoms with Crippen LogP contribution in [0.2, 0.25) is 0 Å². The first kappa shape index (κ1) is 79.1. The average Bonchev–Trinajstić information content (AvgIpc) is 1.62. The molecule has 4 unspecified atom stereocenters. The summed E-state index contributed by atoms with van der Waals surface area (Å²) in [5.74, 6) is -9.41. The van der Waals surface area contributed by atoms with Crippen LogP contribution >= 0.6 is 0 Å². The van der Waals surface area contributed by atoms with E-state index < -0.39 is 151 Å². The number of H-pyrrole nitrogens is 1. The third kappa shape index (κ3) is 21.4. The van der Waals surface area contributed by atoms with Gasteiger partial charge in [-0.2, -0.15) is 10.1 Å². The van der Waals surface area contributed by atoms with Gasteiger partial charge in [-0.3, -0.25) is 43.2 Å². The van der Waals surface area contributed by atoms with Crippen LogP contribution in [0, 0.1) is 25.6 Å². The maximum atomic E-state index is 15.5. The van der Waals surface area contributed by atoms with Gasteiger partial charge in [0.1, 0.15) is 84.7 Å². The molecule has 1 fully saturated rings. The van der Waals surface area contributed by atoms with Crippen LogP contribution in [0.4, 0.5) is 4.39 Å². The fraction of sp³-hybridized carbons (Fsp3) is 0.471. The molecule has 33 nitrogen and oxygen atoms in total. The number of aryl methyl sites for hydroxylation is 2. The molecule has 9 amide bonds. The topological polar surface area (TPSA) is 523 Å². The minimum atomic E-state index is -1.68. The average molecular weight is 1420 g/mol. The molecule has 102 heavy (non-hydrogen) atoms. The number of rotatable bonds is 26. The largest absolute Gasteiger partial charge is 0.488 e. The molecule has 6 aromatic rings. The van der Waals surface area contributed by atoms with Crippen molar-refractivity contribution in [2.24, 2.45) is 34.6 Å². The van der Waals surface area contributed by atoms with E-state index in [4.69, 9.17) is 42.9 Å². The number of amides is 9. The van der Waals surface area contributed by atoms with E-state index in [-0.39, 0.29) is 94.4 Å².